The summed E-state index contributed by atoms with van der Waals surface area (Å²) >= 11 is 0. The minimum Gasteiger partial charge on any atom is -0.300 e. The fraction of sp³-hybridized carbons (Fsp3) is 0.750. The Bertz CT molecular complexity index is 254. The third kappa shape index (κ3) is 1.45. The lowest BCUT2D eigenvalue weighted by Crippen LogP contribution is -2.38. The highest BCUT2D eigenvalue weighted by atomic mass is 16.1. The summed E-state index contributed by atoms with van der Waals surface area (Å²) in [5.41, 5.74) is 1.67. The zero-order chi connectivity index (χ0) is 9.47. The number of fused-ring (bicyclic) bond motifs is 1. The van der Waals surface area contributed by atoms with Crippen LogP contribution in [0.3, 0.4) is 0 Å². The fourth-order valence-corrected chi connectivity index (χ4v) is 3.17. The SMILES string of the molecule is C=C1CCC[C@]2(C)CC(=O)CC[C@@H]12. The first-order chi connectivity index (χ1) is 6.12. The smallest absolute Gasteiger partial charge is 0.133 e. The summed E-state index contributed by atoms with van der Waals surface area (Å²) in [7, 11) is 0. The molecule has 0 N–H and O–H groups in total. The first-order valence-corrected chi connectivity index (χ1v) is 5.31. The molecule has 0 spiro atoms. The molecule has 2 rings (SSSR count). The van der Waals surface area contributed by atoms with Crippen LogP contribution in [0.1, 0.15) is 45.4 Å². The fourth-order valence-electron chi connectivity index (χ4n) is 3.17. The van der Waals surface area contributed by atoms with Gasteiger partial charge in [-0.3, -0.25) is 4.79 Å². The van der Waals surface area contributed by atoms with E-state index in [0.717, 1.165) is 19.3 Å². The quantitative estimate of drug-likeness (QED) is 0.521. The predicted octanol–water partition coefficient (Wildman–Crippen LogP) is 3.10. The first kappa shape index (κ1) is 8.98. The van der Waals surface area contributed by atoms with E-state index in [2.05, 4.69) is 13.5 Å². The number of allylic oxidation sites excluding steroid dienone is 1. The molecule has 0 amide bonds. The van der Waals surface area contributed by atoms with Crippen LogP contribution in [0.15, 0.2) is 12.2 Å². The van der Waals surface area contributed by atoms with Crippen molar-refractivity contribution in [2.75, 3.05) is 0 Å². The van der Waals surface area contributed by atoms with Crippen LogP contribution in [0.25, 0.3) is 0 Å². The molecule has 0 aromatic carbocycles. The minimum absolute atomic E-state index is 0.269. The standard InChI is InChI=1S/C12H18O/c1-9-4-3-7-12(2)8-10(13)5-6-11(9)12/h11H,1,3-8H2,2H3/t11-,12+/m0/s1. The van der Waals surface area contributed by atoms with Crippen molar-refractivity contribution in [1.29, 1.82) is 0 Å². The molecule has 1 heteroatoms. The molecule has 0 aromatic heterocycles. The van der Waals surface area contributed by atoms with Gasteiger partial charge in [0.25, 0.3) is 0 Å². The maximum Gasteiger partial charge on any atom is 0.133 e. The largest absolute Gasteiger partial charge is 0.300 e. The molecule has 0 heterocycles. The molecular formula is C12H18O. The molecule has 2 aliphatic rings. The van der Waals surface area contributed by atoms with E-state index in [4.69, 9.17) is 0 Å². The Kier molecular flexibility index (Phi) is 2.05. The molecule has 13 heavy (non-hydrogen) atoms. The second kappa shape index (κ2) is 2.97. The molecule has 2 fully saturated rings. The molecule has 1 nitrogen and oxygen atoms in total. The Hall–Kier alpha value is -0.590. The monoisotopic (exact) mass is 178 g/mol. The average Bonchev–Trinajstić information content (AvgIpc) is 2.02. The van der Waals surface area contributed by atoms with E-state index in [0.29, 0.717) is 11.7 Å². The Morgan fingerprint density at radius 3 is 3.00 bits per heavy atom. The van der Waals surface area contributed by atoms with Gasteiger partial charge < -0.3 is 0 Å². The summed E-state index contributed by atoms with van der Waals surface area (Å²) in [4.78, 5) is 11.4. The van der Waals surface area contributed by atoms with Crippen molar-refractivity contribution in [3.8, 4) is 0 Å². The number of carbonyl (C=O) groups excluding carboxylic acids is 1. The molecule has 0 unspecified atom stereocenters. The van der Waals surface area contributed by atoms with Gasteiger partial charge in [0.15, 0.2) is 0 Å². The van der Waals surface area contributed by atoms with Gasteiger partial charge in [0.2, 0.25) is 0 Å². The maximum atomic E-state index is 11.4. The molecule has 0 radical (unpaired) electrons. The van der Waals surface area contributed by atoms with Gasteiger partial charge in [-0.2, -0.15) is 0 Å². The van der Waals surface area contributed by atoms with Crippen molar-refractivity contribution < 1.29 is 4.79 Å². The lowest BCUT2D eigenvalue weighted by Gasteiger charge is -2.45. The molecule has 0 saturated heterocycles. The third-order valence-corrected chi connectivity index (χ3v) is 3.89. The second-order valence-corrected chi connectivity index (χ2v) is 4.97. The molecule has 0 aromatic rings. The van der Waals surface area contributed by atoms with E-state index < -0.39 is 0 Å². The van der Waals surface area contributed by atoms with Crippen molar-refractivity contribution in [2.24, 2.45) is 11.3 Å². The molecule has 72 valence electrons. The zero-order valence-electron chi connectivity index (χ0n) is 8.44. The van der Waals surface area contributed by atoms with E-state index in [1.54, 1.807) is 0 Å². The Balaban J connectivity index is 2.22. The van der Waals surface area contributed by atoms with Gasteiger partial charge in [-0.1, -0.05) is 19.1 Å². The zero-order valence-corrected chi connectivity index (χ0v) is 8.44. The number of carbonyl (C=O) groups is 1. The third-order valence-electron chi connectivity index (χ3n) is 3.89. The molecular weight excluding hydrogens is 160 g/mol. The average molecular weight is 178 g/mol. The number of hydrogen-bond acceptors (Lipinski definition) is 1. The Morgan fingerprint density at radius 2 is 2.23 bits per heavy atom. The molecule has 0 aliphatic heterocycles. The van der Waals surface area contributed by atoms with Gasteiger partial charge in [-0.25, -0.2) is 0 Å². The van der Waals surface area contributed by atoms with Crippen LogP contribution < -0.4 is 0 Å². The van der Waals surface area contributed by atoms with Crippen molar-refractivity contribution in [1.82, 2.24) is 0 Å². The Labute approximate surface area is 80.2 Å². The summed E-state index contributed by atoms with van der Waals surface area (Å²) in [6, 6.07) is 0. The molecule has 2 aliphatic carbocycles. The Morgan fingerprint density at radius 1 is 1.46 bits per heavy atom. The van der Waals surface area contributed by atoms with Gasteiger partial charge in [0.1, 0.15) is 5.78 Å². The summed E-state index contributed by atoms with van der Waals surface area (Å²) < 4.78 is 0. The van der Waals surface area contributed by atoms with E-state index in [9.17, 15) is 4.79 Å². The van der Waals surface area contributed by atoms with Crippen LogP contribution in [0.2, 0.25) is 0 Å². The van der Waals surface area contributed by atoms with Gasteiger partial charge in [-0.05, 0) is 37.0 Å². The highest BCUT2D eigenvalue weighted by molar-refractivity contribution is 5.80. The number of rotatable bonds is 0. The van der Waals surface area contributed by atoms with E-state index >= 15 is 0 Å². The lowest BCUT2D eigenvalue weighted by atomic mass is 9.59. The summed E-state index contributed by atoms with van der Waals surface area (Å²) in [5.74, 6) is 1.10. The predicted molar refractivity (Wildman–Crippen MR) is 53.4 cm³/mol. The van der Waals surface area contributed by atoms with E-state index in [1.807, 2.05) is 0 Å². The number of Topliss-reactive ketones (excluding diaryl/α,β-unsaturated/α-hetero) is 1. The molecule has 2 saturated carbocycles. The van der Waals surface area contributed by atoms with Gasteiger partial charge in [0, 0.05) is 12.8 Å². The van der Waals surface area contributed by atoms with E-state index in [-0.39, 0.29) is 5.41 Å². The highest BCUT2D eigenvalue weighted by Gasteiger charge is 2.42. The summed E-state index contributed by atoms with van der Waals surface area (Å²) in [5, 5.41) is 0. The minimum atomic E-state index is 0.269. The topological polar surface area (TPSA) is 17.1 Å². The normalized spacial score (nSPS) is 40.2. The van der Waals surface area contributed by atoms with Crippen LogP contribution >= 0.6 is 0 Å². The van der Waals surface area contributed by atoms with Crippen molar-refractivity contribution >= 4 is 5.78 Å². The second-order valence-electron chi connectivity index (χ2n) is 4.97. The van der Waals surface area contributed by atoms with Gasteiger partial charge >= 0.3 is 0 Å². The van der Waals surface area contributed by atoms with Crippen molar-refractivity contribution in [3.05, 3.63) is 12.2 Å². The molecule has 2 atom stereocenters. The number of hydrogen-bond donors (Lipinski definition) is 0. The van der Waals surface area contributed by atoms with Crippen LogP contribution in [-0.4, -0.2) is 5.78 Å². The summed E-state index contributed by atoms with van der Waals surface area (Å²) in [6.07, 6.45) is 6.31. The maximum absolute atomic E-state index is 11.4. The summed E-state index contributed by atoms with van der Waals surface area (Å²) in [6.45, 7) is 6.43. The molecule has 0 bridgehead atoms. The van der Waals surface area contributed by atoms with Gasteiger partial charge in [0.05, 0.1) is 0 Å². The first-order valence-electron chi connectivity index (χ1n) is 5.31. The number of ketones is 1. The van der Waals surface area contributed by atoms with E-state index in [1.165, 1.54) is 24.8 Å². The van der Waals surface area contributed by atoms with Crippen LogP contribution in [-0.2, 0) is 4.79 Å². The van der Waals surface area contributed by atoms with Crippen LogP contribution in [0.5, 0.6) is 0 Å². The highest BCUT2D eigenvalue weighted by Crippen LogP contribution is 2.50. The lowest BCUT2D eigenvalue weighted by molar-refractivity contribution is -0.125. The van der Waals surface area contributed by atoms with Gasteiger partial charge in [-0.15, -0.1) is 0 Å². The van der Waals surface area contributed by atoms with Crippen LogP contribution in [0, 0.1) is 11.3 Å². The van der Waals surface area contributed by atoms with Crippen molar-refractivity contribution in [2.45, 2.75) is 45.4 Å². The van der Waals surface area contributed by atoms with Crippen LogP contribution in [0.4, 0.5) is 0 Å². The van der Waals surface area contributed by atoms with Crippen molar-refractivity contribution in [3.63, 3.8) is 0 Å².